The zero-order valence-electron chi connectivity index (χ0n) is 23.1. The molecule has 2 aromatic rings. The summed E-state index contributed by atoms with van der Waals surface area (Å²) in [5.74, 6) is -0.552. The number of halogens is 2. The summed E-state index contributed by atoms with van der Waals surface area (Å²) in [6.45, 7) is 3.71. The first kappa shape index (κ1) is 33.1. The van der Waals surface area contributed by atoms with Gasteiger partial charge >= 0.3 is 5.97 Å². The second-order valence-corrected chi connectivity index (χ2v) is 9.47. The lowest BCUT2D eigenvalue weighted by Crippen LogP contribution is -2.38. The summed E-state index contributed by atoms with van der Waals surface area (Å²) in [5, 5.41) is 11.7. The van der Waals surface area contributed by atoms with Crippen LogP contribution in [-0.4, -0.2) is 82.4 Å². The number of likely N-dealkylation sites (tertiary alicyclic amines) is 2. The summed E-state index contributed by atoms with van der Waals surface area (Å²) in [6, 6.07) is 7.28. The fourth-order valence-electron chi connectivity index (χ4n) is 3.81. The predicted molar refractivity (Wildman–Crippen MR) is 156 cm³/mol. The maximum atomic E-state index is 11.9. The van der Waals surface area contributed by atoms with Gasteiger partial charge in [0.25, 0.3) is 0 Å². The Morgan fingerprint density at radius 2 is 1.58 bits per heavy atom. The Morgan fingerprint density at radius 1 is 1.08 bits per heavy atom. The monoisotopic (exact) mass is 567 g/mol. The Balaban J connectivity index is 0.000000537. The molecule has 4 N–H and O–H groups in total. The molecule has 1 amide bonds. The Hall–Kier alpha value is -2.90. The number of hydrogen-bond donors (Lipinski definition) is 3. The van der Waals surface area contributed by atoms with Gasteiger partial charge in [0, 0.05) is 31.7 Å². The van der Waals surface area contributed by atoms with Crippen LogP contribution in [0.25, 0.3) is 0 Å². The van der Waals surface area contributed by atoms with Crippen molar-refractivity contribution in [2.24, 2.45) is 11.8 Å². The number of piperidine rings is 2. The molecule has 0 bridgehead atoms. The van der Waals surface area contributed by atoms with Crippen molar-refractivity contribution >= 4 is 46.5 Å². The van der Waals surface area contributed by atoms with Crippen molar-refractivity contribution in [3.8, 4) is 12.8 Å². The molecule has 2 atom stereocenters. The molecule has 0 radical (unpaired) electrons. The van der Waals surface area contributed by atoms with Crippen molar-refractivity contribution in [2.45, 2.75) is 25.7 Å². The molecule has 0 spiro atoms. The first-order chi connectivity index (χ1) is 18.7. The minimum Gasteiger partial charge on any atom is -0.481 e. The van der Waals surface area contributed by atoms with Gasteiger partial charge in [0.05, 0.1) is 34.7 Å². The second kappa shape index (κ2) is 22.1. The standard InChI is InChI=1S/C12H17N3O.C7H13NO2.C5H6N2.C2H2.CH2Cl2/c1-15-7-3-4-10(9-15)12(16)14-11-5-2-6-13-8-11;1-8-4-2-3-6(5-8)7(9)10;6-5-2-1-3-7-4-5;1-2;2-1-3/h2,5-6,8,10H,3-4,7,9H2,1H3,(H,14,16);6H,2-5H2,1H3,(H,9,10);1-4H,6H2;1-2H;1H2/i;;;1D;. The van der Waals surface area contributed by atoms with Gasteiger partial charge in [0.1, 0.15) is 1.37 Å². The van der Waals surface area contributed by atoms with Crippen molar-refractivity contribution in [1.82, 2.24) is 19.8 Å². The largest absolute Gasteiger partial charge is 0.481 e. The van der Waals surface area contributed by atoms with E-state index in [1.54, 1.807) is 36.9 Å². The first-order valence-corrected chi connectivity index (χ1v) is 13.2. The summed E-state index contributed by atoms with van der Waals surface area (Å²) in [7, 11) is 4.03. The number of carboxylic acid groups (broad SMARTS) is 1. The van der Waals surface area contributed by atoms with Gasteiger partial charge in [-0.3, -0.25) is 19.6 Å². The maximum Gasteiger partial charge on any atom is 0.307 e. The Kier molecular flexibility index (Phi) is 19.3. The summed E-state index contributed by atoms with van der Waals surface area (Å²) in [5.41, 5.74) is 6.78. The van der Waals surface area contributed by atoms with Gasteiger partial charge in [-0.2, -0.15) is 0 Å². The van der Waals surface area contributed by atoms with Gasteiger partial charge in [-0.05, 0) is 77.1 Å². The van der Waals surface area contributed by atoms with Gasteiger partial charge in [-0.25, -0.2) is 0 Å². The van der Waals surface area contributed by atoms with Gasteiger partial charge in [-0.1, -0.05) is 0 Å². The van der Waals surface area contributed by atoms with Gasteiger partial charge < -0.3 is 26.0 Å². The van der Waals surface area contributed by atoms with Crippen molar-refractivity contribution in [3.05, 3.63) is 49.1 Å². The van der Waals surface area contributed by atoms with E-state index in [1.165, 1.54) is 6.40 Å². The molecular weight excluding hydrogens is 527 g/mol. The summed E-state index contributed by atoms with van der Waals surface area (Å²) in [4.78, 5) is 34.4. The van der Waals surface area contributed by atoms with E-state index in [2.05, 4.69) is 38.6 Å². The summed E-state index contributed by atoms with van der Waals surface area (Å²) >= 11 is 9.53. The zero-order valence-corrected chi connectivity index (χ0v) is 23.6. The van der Waals surface area contributed by atoms with Gasteiger partial charge in [-0.15, -0.1) is 36.0 Å². The minimum absolute atomic E-state index is 0.110. The fraction of sp³-hybridized carbons (Fsp3) is 0.481. The van der Waals surface area contributed by atoms with Crippen LogP contribution in [0.15, 0.2) is 49.1 Å². The molecule has 4 rings (SSSR count). The van der Waals surface area contributed by atoms with Crippen molar-refractivity contribution in [1.29, 1.82) is 0 Å². The van der Waals surface area contributed by atoms with Crippen LogP contribution < -0.4 is 11.1 Å². The molecule has 38 heavy (non-hydrogen) atoms. The molecule has 4 heterocycles. The normalized spacial score (nSPS) is 18.9. The quantitative estimate of drug-likeness (QED) is 0.373. The minimum atomic E-state index is -0.647. The molecule has 2 saturated heterocycles. The third-order valence-corrected chi connectivity index (χ3v) is 5.58. The fourth-order valence-corrected chi connectivity index (χ4v) is 3.81. The molecular formula is C27H40Cl2N6O3. The van der Waals surface area contributed by atoms with Crippen LogP contribution in [0, 0.1) is 24.7 Å². The highest BCUT2D eigenvalue weighted by molar-refractivity contribution is 6.40. The number of nitrogens with one attached hydrogen (secondary N) is 1. The molecule has 0 saturated carbocycles. The van der Waals surface area contributed by atoms with Crippen LogP contribution in [0.3, 0.4) is 0 Å². The van der Waals surface area contributed by atoms with E-state index in [0.29, 0.717) is 5.69 Å². The first-order valence-electron chi connectivity index (χ1n) is 12.6. The number of amides is 1. The number of hydrogen-bond acceptors (Lipinski definition) is 7. The number of nitrogen functional groups attached to an aromatic ring is 1. The van der Waals surface area contributed by atoms with Crippen LogP contribution in [0.4, 0.5) is 11.4 Å². The Labute approximate surface area is 238 Å². The van der Waals surface area contributed by atoms with Gasteiger partial charge in [0.15, 0.2) is 0 Å². The molecule has 0 aromatic carbocycles. The number of carbonyl (C=O) groups is 2. The number of terminal acetylenes is 1. The van der Waals surface area contributed by atoms with E-state index in [0.717, 1.165) is 57.5 Å². The predicted octanol–water partition coefficient (Wildman–Crippen LogP) is 4.11. The van der Waals surface area contributed by atoms with E-state index in [1.807, 2.05) is 19.2 Å². The lowest BCUT2D eigenvalue weighted by Gasteiger charge is -2.28. The van der Waals surface area contributed by atoms with E-state index in [-0.39, 0.29) is 23.1 Å². The number of nitrogens with two attached hydrogens (primary N) is 1. The number of rotatable bonds is 3. The molecule has 210 valence electrons. The number of aromatic nitrogens is 2. The summed E-state index contributed by atoms with van der Waals surface area (Å²) < 4.78 is 5.74. The third kappa shape index (κ3) is 16.8. The van der Waals surface area contributed by atoms with Crippen LogP contribution >= 0.6 is 23.2 Å². The lowest BCUT2D eigenvalue weighted by molar-refractivity contribution is -0.143. The van der Waals surface area contributed by atoms with Gasteiger partial charge in [0.2, 0.25) is 5.91 Å². The molecule has 0 aliphatic carbocycles. The summed E-state index contributed by atoms with van der Waals surface area (Å²) in [6.07, 6.45) is 16.4. The number of alkyl halides is 2. The van der Waals surface area contributed by atoms with Crippen molar-refractivity contribution in [3.63, 3.8) is 0 Å². The van der Waals surface area contributed by atoms with Crippen LogP contribution in [-0.2, 0) is 9.59 Å². The van der Waals surface area contributed by atoms with Crippen LogP contribution in [0.5, 0.6) is 0 Å². The molecule has 2 aliphatic rings. The number of anilines is 2. The highest BCUT2D eigenvalue weighted by Crippen LogP contribution is 2.17. The topological polar surface area (TPSA) is 125 Å². The van der Waals surface area contributed by atoms with E-state index in [4.69, 9.17) is 35.4 Å². The zero-order chi connectivity index (χ0) is 29.5. The SMILES string of the molecule is CN1CCCC(C(=O)Nc2cccnc2)C1.CN1CCCC(C(=O)O)C1.ClCCl.Nc1cccnc1.[2H]C#C. The van der Waals surface area contributed by atoms with E-state index < -0.39 is 5.97 Å². The van der Waals surface area contributed by atoms with Crippen molar-refractivity contribution < 1.29 is 16.1 Å². The molecule has 11 heteroatoms. The Morgan fingerprint density at radius 3 is 1.95 bits per heavy atom. The van der Waals surface area contributed by atoms with E-state index >= 15 is 0 Å². The maximum absolute atomic E-state index is 11.9. The highest BCUT2D eigenvalue weighted by atomic mass is 35.5. The number of carboxylic acids is 1. The number of carbonyl (C=O) groups excluding carboxylic acids is 1. The molecule has 2 aromatic heterocycles. The third-order valence-electron chi connectivity index (χ3n) is 5.58. The number of pyridine rings is 2. The number of aliphatic carboxylic acids is 1. The smallest absolute Gasteiger partial charge is 0.307 e. The van der Waals surface area contributed by atoms with Crippen LogP contribution in [0.2, 0.25) is 0 Å². The highest BCUT2D eigenvalue weighted by Gasteiger charge is 2.24. The van der Waals surface area contributed by atoms with E-state index in [9.17, 15) is 9.59 Å². The molecule has 2 unspecified atom stereocenters. The average Bonchev–Trinajstić information content (AvgIpc) is 2.91. The lowest BCUT2D eigenvalue weighted by atomic mass is 9.97. The Bertz CT molecular complexity index is 954. The molecule has 2 fully saturated rings. The average molecular weight is 569 g/mol. The van der Waals surface area contributed by atoms with Crippen molar-refractivity contribution in [2.75, 3.05) is 56.7 Å². The molecule has 9 nitrogen and oxygen atoms in total. The second-order valence-electron chi connectivity index (χ2n) is 8.66. The number of nitrogens with zero attached hydrogens (tertiary/aromatic N) is 4. The van der Waals surface area contributed by atoms with Crippen LogP contribution in [0.1, 0.15) is 27.1 Å². The molecule has 2 aliphatic heterocycles.